The van der Waals surface area contributed by atoms with E-state index in [2.05, 4.69) is 4.74 Å². The predicted octanol–water partition coefficient (Wildman–Crippen LogP) is 1.93. The van der Waals surface area contributed by atoms with E-state index in [1.165, 1.54) is 20.5 Å². The number of carbonyl (C=O) groups is 1. The summed E-state index contributed by atoms with van der Waals surface area (Å²) in [5.41, 5.74) is 1.55. The molecule has 80 valence electrons. The molecule has 0 atom stereocenters. The van der Waals surface area contributed by atoms with Crippen LogP contribution in [-0.4, -0.2) is 20.2 Å². The summed E-state index contributed by atoms with van der Waals surface area (Å²) in [6, 6.07) is 9.69. The van der Waals surface area contributed by atoms with E-state index in [-0.39, 0.29) is 5.97 Å². The lowest BCUT2D eigenvalue weighted by Crippen LogP contribution is -2.07. The highest BCUT2D eigenvalue weighted by molar-refractivity contribution is 5.88. The second-order valence-electron chi connectivity index (χ2n) is 3.03. The Kier molecular flexibility index (Phi) is 4.41. The van der Waals surface area contributed by atoms with Gasteiger partial charge in [0.15, 0.2) is 0 Å². The smallest absolute Gasteiger partial charge is 0.337 e. The third kappa shape index (κ3) is 3.46. The zero-order valence-electron chi connectivity index (χ0n) is 8.90. The van der Waals surface area contributed by atoms with Crippen molar-refractivity contribution in [2.45, 2.75) is 6.42 Å². The Balaban J connectivity index is 2.76. The van der Waals surface area contributed by atoms with Gasteiger partial charge in [-0.25, -0.2) is 4.79 Å². The van der Waals surface area contributed by atoms with Crippen LogP contribution in [0.1, 0.15) is 5.56 Å². The Morgan fingerprint density at radius 1 is 1.27 bits per heavy atom. The van der Waals surface area contributed by atoms with Crippen molar-refractivity contribution in [2.24, 2.45) is 0 Å². The molecule has 3 nitrogen and oxygen atoms in total. The summed E-state index contributed by atoms with van der Waals surface area (Å²) in [5, 5.41) is 0. The average Bonchev–Trinajstić information content (AvgIpc) is 2.29. The van der Waals surface area contributed by atoms with Gasteiger partial charge in [0.25, 0.3) is 0 Å². The van der Waals surface area contributed by atoms with Crippen molar-refractivity contribution in [1.29, 1.82) is 0 Å². The topological polar surface area (TPSA) is 35.5 Å². The van der Waals surface area contributed by atoms with Crippen molar-refractivity contribution in [2.75, 3.05) is 14.2 Å². The van der Waals surface area contributed by atoms with Gasteiger partial charge in [-0.3, -0.25) is 0 Å². The first-order chi connectivity index (χ1) is 7.27. The van der Waals surface area contributed by atoms with Gasteiger partial charge in [-0.05, 0) is 5.56 Å². The molecule has 0 amide bonds. The lowest BCUT2D eigenvalue weighted by molar-refractivity contribution is -0.136. The predicted molar refractivity (Wildman–Crippen MR) is 57.3 cm³/mol. The molecule has 0 saturated carbocycles. The molecule has 0 spiro atoms. The van der Waals surface area contributed by atoms with Gasteiger partial charge >= 0.3 is 5.97 Å². The first-order valence-electron chi connectivity index (χ1n) is 4.62. The summed E-state index contributed by atoms with van der Waals surface area (Å²) >= 11 is 0. The van der Waals surface area contributed by atoms with E-state index in [1.54, 1.807) is 0 Å². The zero-order valence-corrected chi connectivity index (χ0v) is 8.90. The Morgan fingerprint density at radius 3 is 2.47 bits per heavy atom. The number of ether oxygens (including phenoxy) is 2. The standard InChI is InChI=1S/C12H14O3/c1-14-9-11(12(13)15-2)8-10-6-4-3-5-7-10/h3-7,9H,8H2,1-2H3. The maximum Gasteiger partial charge on any atom is 0.337 e. The molecule has 0 radical (unpaired) electrons. The molecule has 1 aromatic carbocycles. The Bertz CT molecular complexity index is 341. The van der Waals surface area contributed by atoms with E-state index in [0.29, 0.717) is 12.0 Å². The van der Waals surface area contributed by atoms with Crippen LogP contribution in [0.15, 0.2) is 42.2 Å². The molecule has 1 rings (SSSR count). The van der Waals surface area contributed by atoms with Gasteiger partial charge in [0.05, 0.1) is 26.1 Å². The molecule has 3 heteroatoms. The zero-order chi connectivity index (χ0) is 11.1. The van der Waals surface area contributed by atoms with Crippen LogP contribution in [0.2, 0.25) is 0 Å². The fourth-order valence-corrected chi connectivity index (χ4v) is 1.25. The number of esters is 1. The molecule has 1 aromatic rings. The molecular weight excluding hydrogens is 192 g/mol. The largest absolute Gasteiger partial charge is 0.504 e. The van der Waals surface area contributed by atoms with E-state index in [1.807, 2.05) is 30.3 Å². The summed E-state index contributed by atoms with van der Waals surface area (Å²) in [6.45, 7) is 0. The normalized spacial score (nSPS) is 10.9. The highest BCUT2D eigenvalue weighted by atomic mass is 16.5. The number of carbonyl (C=O) groups excluding carboxylic acids is 1. The van der Waals surface area contributed by atoms with Crippen molar-refractivity contribution in [3.8, 4) is 0 Å². The van der Waals surface area contributed by atoms with Crippen molar-refractivity contribution in [3.05, 3.63) is 47.7 Å². The third-order valence-corrected chi connectivity index (χ3v) is 1.95. The first kappa shape index (κ1) is 11.3. The van der Waals surface area contributed by atoms with Gasteiger partial charge < -0.3 is 9.47 Å². The van der Waals surface area contributed by atoms with Crippen LogP contribution in [0.3, 0.4) is 0 Å². The van der Waals surface area contributed by atoms with E-state index in [4.69, 9.17) is 4.74 Å². The summed E-state index contributed by atoms with van der Waals surface area (Å²) in [4.78, 5) is 11.3. The van der Waals surface area contributed by atoms with Crippen LogP contribution in [-0.2, 0) is 20.7 Å². The Hall–Kier alpha value is -1.77. The molecule has 0 bridgehead atoms. The second-order valence-corrected chi connectivity index (χ2v) is 3.03. The Labute approximate surface area is 89.3 Å². The van der Waals surface area contributed by atoms with Gasteiger partial charge in [0.2, 0.25) is 0 Å². The van der Waals surface area contributed by atoms with E-state index in [0.717, 1.165) is 5.56 Å². The van der Waals surface area contributed by atoms with E-state index < -0.39 is 0 Å². The highest BCUT2D eigenvalue weighted by Crippen LogP contribution is 2.09. The van der Waals surface area contributed by atoms with Gasteiger partial charge in [0.1, 0.15) is 0 Å². The monoisotopic (exact) mass is 206 g/mol. The van der Waals surface area contributed by atoms with Crippen LogP contribution < -0.4 is 0 Å². The lowest BCUT2D eigenvalue weighted by Gasteiger charge is -2.04. The minimum absolute atomic E-state index is 0.360. The third-order valence-electron chi connectivity index (χ3n) is 1.95. The van der Waals surface area contributed by atoms with E-state index in [9.17, 15) is 4.79 Å². The number of methoxy groups -OCH3 is 2. The molecule has 0 N–H and O–H groups in total. The maximum atomic E-state index is 11.3. The quantitative estimate of drug-likeness (QED) is 0.429. The van der Waals surface area contributed by atoms with Crippen LogP contribution in [0, 0.1) is 0 Å². The van der Waals surface area contributed by atoms with Crippen molar-refractivity contribution < 1.29 is 14.3 Å². The van der Waals surface area contributed by atoms with Gasteiger partial charge in [-0.2, -0.15) is 0 Å². The molecule has 0 unspecified atom stereocenters. The first-order valence-corrected chi connectivity index (χ1v) is 4.62. The van der Waals surface area contributed by atoms with Gasteiger partial charge in [-0.1, -0.05) is 30.3 Å². The minimum atomic E-state index is -0.360. The van der Waals surface area contributed by atoms with Crippen LogP contribution in [0.4, 0.5) is 0 Å². The molecule has 0 fully saturated rings. The second kappa shape index (κ2) is 5.86. The molecule has 0 heterocycles. The van der Waals surface area contributed by atoms with E-state index >= 15 is 0 Å². The molecule has 0 saturated heterocycles. The van der Waals surface area contributed by atoms with Gasteiger partial charge in [-0.15, -0.1) is 0 Å². The van der Waals surface area contributed by atoms with Crippen molar-refractivity contribution >= 4 is 5.97 Å². The fourth-order valence-electron chi connectivity index (χ4n) is 1.25. The maximum absolute atomic E-state index is 11.3. The molecule has 15 heavy (non-hydrogen) atoms. The molecule has 0 aromatic heterocycles. The van der Waals surface area contributed by atoms with Crippen LogP contribution in [0.5, 0.6) is 0 Å². The minimum Gasteiger partial charge on any atom is -0.504 e. The summed E-state index contributed by atoms with van der Waals surface area (Å²) in [5.74, 6) is -0.360. The molecule has 0 aliphatic heterocycles. The molecule has 0 aliphatic carbocycles. The SMILES string of the molecule is COC=C(Cc1ccccc1)C(=O)OC. The lowest BCUT2D eigenvalue weighted by atomic mass is 10.1. The van der Waals surface area contributed by atoms with Crippen LogP contribution >= 0.6 is 0 Å². The summed E-state index contributed by atoms with van der Waals surface area (Å²) in [7, 11) is 2.87. The number of rotatable bonds is 4. The number of hydrogen-bond donors (Lipinski definition) is 0. The molecular formula is C12H14O3. The van der Waals surface area contributed by atoms with Crippen molar-refractivity contribution in [3.63, 3.8) is 0 Å². The molecule has 0 aliphatic rings. The Morgan fingerprint density at radius 2 is 1.93 bits per heavy atom. The van der Waals surface area contributed by atoms with Crippen molar-refractivity contribution in [1.82, 2.24) is 0 Å². The number of hydrogen-bond acceptors (Lipinski definition) is 3. The average molecular weight is 206 g/mol. The van der Waals surface area contributed by atoms with Crippen LogP contribution in [0.25, 0.3) is 0 Å². The number of benzene rings is 1. The van der Waals surface area contributed by atoms with Gasteiger partial charge in [0, 0.05) is 6.42 Å². The fraction of sp³-hybridized carbons (Fsp3) is 0.250. The summed E-state index contributed by atoms with van der Waals surface area (Å²) in [6.07, 6.45) is 1.93. The highest BCUT2D eigenvalue weighted by Gasteiger charge is 2.10. The summed E-state index contributed by atoms with van der Waals surface area (Å²) < 4.78 is 9.49.